The topological polar surface area (TPSA) is 20.3 Å². The number of ketones is 1. The summed E-state index contributed by atoms with van der Waals surface area (Å²) >= 11 is 0. The van der Waals surface area contributed by atoms with E-state index in [4.69, 9.17) is 0 Å². The lowest BCUT2D eigenvalue weighted by molar-refractivity contribution is 0.0972. The van der Waals surface area contributed by atoms with E-state index in [1.807, 2.05) is 25.9 Å². The highest BCUT2D eigenvalue weighted by Gasteiger charge is 2.17. The second-order valence-electron chi connectivity index (χ2n) is 6.26. The van der Waals surface area contributed by atoms with Gasteiger partial charge >= 0.3 is 0 Å². The molecule has 0 aromatic heterocycles. The predicted octanol–water partition coefficient (Wildman–Crippen LogP) is 3.43. The van der Waals surface area contributed by atoms with Crippen LogP contribution in [-0.2, 0) is 5.41 Å². The van der Waals surface area contributed by atoms with Crippen LogP contribution in [0.2, 0.25) is 0 Å². The maximum absolute atomic E-state index is 12.2. The maximum Gasteiger partial charge on any atom is 0.164 e. The zero-order valence-electron chi connectivity index (χ0n) is 12.5. The molecule has 2 heteroatoms. The van der Waals surface area contributed by atoms with Gasteiger partial charge in [-0.25, -0.2) is 0 Å². The van der Waals surface area contributed by atoms with Gasteiger partial charge in [-0.3, -0.25) is 4.79 Å². The van der Waals surface area contributed by atoms with Crippen LogP contribution in [0.1, 0.15) is 48.7 Å². The first-order chi connectivity index (χ1) is 8.21. The van der Waals surface area contributed by atoms with Gasteiger partial charge in [0.05, 0.1) is 0 Å². The average Bonchev–Trinajstić information content (AvgIpc) is 2.24. The van der Waals surface area contributed by atoms with Crippen molar-refractivity contribution in [3.05, 3.63) is 34.9 Å². The van der Waals surface area contributed by atoms with Gasteiger partial charge in [-0.15, -0.1) is 0 Å². The Hall–Kier alpha value is -1.15. The molecule has 0 aliphatic heterocycles. The van der Waals surface area contributed by atoms with Gasteiger partial charge in [-0.1, -0.05) is 32.9 Å². The Bertz CT molecular complexity index is 427. The molecule has 18 heavy (non-hydrogen) atoms. The van der Waals surface area contributed by atoms with E-state index in [0.717, 1.165) is 17.7 Å². The quantitative estimate of drug-likeness (QED) is 0.760. The smallest absolute Gasteiger partial charge is 0.164 e. The van der Waals surface area contributed by atoms with Crippen LogP contribution in [0.5, 0.6) is 0 Å². The summed E-state index contributed by atoms with van der Waals surface area (Å²) in [6.45, 7) is 9.33. The fraction of sp³-hybridized carbons (Fsp3) is 0.562. The molecule has 0 atom stereocenters. The summed E-state index contributed by atoms with van der Waals surface area (Å²) in [5.41, 5.74) is 3.27. The number of hydrogen-bond acceptors (Lipinski definition) is 2. The molecule has 0 saturated heterocycles. The molecule has 1 aromatic rings. The van der Waals surface area contributed by atoms with Crippen molar-refractivity contribution in [2.45, 2.75) is 39.5 Å². The Morgan fingerprint density at radius 1 is 1.22 bits per heavy atom. The SMILES string of the molecule is Cc1ccc(C(C)(C)C)cc1C(=O)CCN(C)C. The van der Waals surface area contributed by atoms with Crippen LogP contribution in [0.15, 0.2) is 18.2 Å². The number of nitrogens with zero attached hydrogens (tertiary/aromatic N) is 1. The number of carbonyl (C=O) groups excluding carboxylic acids is 1. The van der Waals surface area contributed by atoms with Crippen molar-refractivity contribution in [1.82, 2.24) is 4.90 Å². The largest absolute Gasteiger partial charge is 0.309 e. The Morgan fingerprint density at radius 2 is 1.83 bits per heavy atom. The van der Waals surface area contributed by atoms with Crippen LogP contribution in [0.25, 0.3) is 0 Å². The Labute approximate surface area is 111 Å². The molecule has 0 aliphatic rings. The summed E-state index contributed by atoms with van der Waals surface area (Å²) < 4.78 is 0. The van der Waals surface area contributed by atoms with Crippen molar-refractivity contribution in [2.75, 3.05) is 20.6 Å². The van der Waals surface area contributed by atoms with E-state index in [2.05, 4.69) is 39.0 Å². The minimum absolute atomic E-state index is 0.0876. The normalized spacial score (nSPS) is 11.9. The summed E-state index contributed by atoms with van der Waals surface area (Å²) in [5.74, 6) is 0.243. The van der Waals surface area contributed by atoms with E-state index >= 15 is 0 Å². The highest BCUT2D eigenvalue weighted by atomic mass is 16.1. The van der Waals surface area contributed by atoms with Crippen LogP contribution >= 0.6 is 0 Å². The number of aryl methyl sites for hydroxylation is 1. The lowest BCUT2D eigenvalue weighted by Crippen LogP contribution is -2.18. The molecule has 0 N–H and O–H groups in total. The van der Waals surface area contributed by atoms with Crippen LogP contribution in [0.3, 0.4) is 0 Å². The highest BCUT2D eigenvalue weighted by Crippen LogP contribution is 2.25. The predicted molar refractivity (Wildman–Crippen MR) is 77.4 cm³/mol. The molecule has 0 saturated carbocycles. The van der Waals surface area contributed by atoms with E-state index < -0.39 is 0 Å². The van der Waals surface area contributed by atoms with Crippen molar-refractivity contribution >= 4 is 5.78 Å². The number of hydrogen-bond donors (Lipinski definition) is 0. The molecule has 0 fully saturated rings. The Kier molecular flexibility index (Phi) is 4.69. The van der Waals surface area contributed by atoms with Gasteiger partial charge in [0, 0.05) is 18.5 Å². The van der Waals surface area contributed by atoms with Crippen molar-refractivity contribution in [3.8, 4) is 0 Å². The van der Waals surface area contributed by atoms with E-state index in [0.29, 0.717) is 6.42 Å². The van der Waals surface area contributed by atoms with Crippen molar-refractivity contribution in [2.24, 2.45) is 0 Å². The van der Waals surface area contributed by atoms with Gasteiger partial charge in [0.1, 0.15) is 0 Å². The molecule has 0 spiro atoms. The minimum Gasteiger partial charge on any atom is -0.309 e. The van der Waals surface area contributed by atoms with Crippen LogP contribution in [0.4, 0.5) is 0 Å². The first-order valence-electron chi connectivity index (χ1n) is 6.51. The van der Waals surface area contributed by atoms with Crippen molar-refractivity contribution < 1.29 is 4.79 Å². The molecule has 1 aromatic carbocycles. The minimum atomic E-state index is 0.0876. The van der Waals surface area contributed by atoms with Crippen LogP contribution in [-0.4, -0.2) is 31.3 Å². The van der Waals surface area contributed by atoms with Gasteiger partial charge in [-0.2, -0.15) is 0 Å². The third kappa shape index (κ3) is 3.95. The van der Waals surface area contributed by atoms with Gasteiger partial charge in [-0.05, 0) is 43.6 Å². The summed E-state index contributed by atoms with van der Waals surface area (Å²) in [7, 11) is 3.98. The van der Waals surface area contributed by atoms with E-state index in [9.17, 15) is 4.79 Å². The second-order valence-corrected chi connectivity index (χ2v) is 6.26. The van der Waals surface area contributed by atoms with Gasteiger partial charge in [0.2, 0.25) is 0 Å². The van der Waals surface area contributed by atoms with E-state index in [1.165, 1.54) is 5.56 Å². The fourth-order valence-corrected chi connectivity index (χ4v) is 1.85. The molecule has 1 rings (SSSR count). The summed E-state index contributed by atoms with van der Waals surface area (Å²) in [6, 6.07) is 6.24. The van der Waals surface area contributed by atoms with Gasteiger partial charge in [0.25, 0.3) is 0 Å². The molecule has 0 aliphatic carbocycles. The van der Waals surface area contributed by atoms with E-state index in [1.54, 1.807) is 0 Å². The monoisotopic (exact) mass is 247 g/mol. The lowest BCUT2D eigenvalue weighted by atomic mass is 9.84. The number of rotatable bonds is 4. The van der Waals surface area contributed by atoms with Crippen LogP contribution < -0.4 is 0 Å². The number of carbonyl (C=O) groups is 1. The van der Waals surface area contributed by atoms with Crippen molar-refractivity contribution in [1.29, 1.82) is 0 Å². The first-order valence-corrected chi connectivity index (χ1v) is 6.51. The summed E-state index contributed by atoms with van der Waals surface area (Å²) in [6.07, 6.45) is 0.585. The molecular weight excluding hydrogens is 222 g/mol. The molecule has 0 bridgehead atoms. The maximum atomic E-state index is 12.2. The zero-order chi connectivity index (χ0) is 13.9. The van der Waals surface area contributed by atoms with E-state index in [-0.39, 0.29) is 11.2 Å². The average molecular weight is 247 g/mol. The zero-order valence-corrected chi connectivity index (χ0v) is 12.5. The van der Waals surface area contributed by atoms with Crippen molar-refractivity contribution in [3.63, 3.8) is 0 Å². The highest BCUT2D eigenvalue weighted by molar-refractivity contribution is 5.97. The molecule has 0 heterocycles. The molecular formula is C16H25NO. The third-order valence-electron chi connectivity index (χ3n) is 3.19. The lowest BCUT2D eigenvalue weighted by Gasteiger charge is -2.20. The second kappa shape index (κ2) is 5.66. The summed E-state index contributed by atoms with van der Waals surface area (Å²) in [5, 5.41) is 0. The van der Waals surface area contributed by atoms with Crippen LogP contribution in [0, 0.1) is 6.92 Å². The summed E-state index contributed by atoms with van der Waals surface area (Å²) in [4.78, 5) is 14.3. The van der Waals surface area contributed by atoms with Gasteiger partial charge in [0.15, 0.2) is 5.78 Å². The molecule has 0 amide bonds. The number of benzene rings is 1. The molecule has 0 radical (unpaired) electrons. The Morgan fingerprint density at radius 3 is 2.33 bits per heavy atom. The number of Topliss-reactive ketones (excluding diaryl/α,β-unsaturated/α-hetero) is 1. The fourth-order valence-electron chi connectivity index (χ4n) is 1.85. The molecule has 2 nitrogen and oxygen atoms in total. The van der Waals surface area contributed by atoms with Gasteiger partial charge < -0.3 is 4.90 Å². The molecule has 0 unspecified atom stereocenters. The standard InChI is InChI=1S/C16H25NO/c1-12-7-8-13(16(2,3)4)11-14(12)15(18)9-10-17(5)6/h7-8,11H,9-10H2,1-6H3. The molecule has 100 valence electrons. The Balaban J connectivity index is 2.97. The first kappa shape index (κ1) is 14.9. The third-order valence-corrected chi connectivity index (χ3v) is 3.19.